The van der Waals surface area contributed by atoms with Crippen LogP contribution in [0.15, 0.2) is 18.2 Å². The van der Waals surface area contributed by atoms with Gasteiger partial charge in [0, 0.05) is 0 Å². The first-order valence-corrected chi connectivity index (χ1v) is 5.74. The zero-order valence-corrected chi connectivity index (χ0v) is 10.2. The second-order valence-electron chi connectivity index (χ2n) is 2.70. The van der Waals surface area contributed by atoms with Crippen LogP contribution in [-0.4, -0.2) is 16.3 Å². The summed E-state index contributed by atoms with van der Waals surface area (Å²) in [5, 5.41) is 0. The van der Waals surface area contributed by atoms with Crippen molar-refractivity contribution >= 4 is 37.6 Å². The molecule has 14 heavy (non-hydrogen) atoms. The van der Waals surface area contributed by atoms with Gasteiger partial charge in [-0.15, -0.1) is 0 Å². The minimum absolute atomic E-state index is 0.0765. The van der Waals surface area contributed by atoms with Crippen molar-refractivity contribution in [2.24, 2.45) is 0 Å². The Morgan fingerprint density at radius 3 is 2.86 bits per heavy atom. The first-order valence-electron chi connectivity index (χ1n) is 3.91. The van der Waals surface area contributed by atoms with Crippen molar-refractivity contribution in [2.45, 2.75) is 3.74 Å². The summed E-state index contributed by atoms with van der Waals surface area (Å²) in [6, 6.07) is 5.26. The third-order valence-electron chi connectivity index (χ3n) is 1.86. The van der Waals surface area contributed by atoms with Crippen molar-refractivity contribution in [3.63, 3.8) is 0 Å². The van der Waals surface area contributed by atoms with Gasteiger partial charge in [0.1, 0.15) is 3.74 Å². The number of fused-ring (bicyclic) bond motifs is 1. The van der Waals surface area contributed by atoms with Gasteiger partial charge in [0.15, 0.2) is 17.3 Å². The number of halogens is 2. The second-order valence-corrected chi connectivity index (χ2v) is 5.76. The Morgan fingerprint density at radius 2 is 2.14 bits per heavy atom. The van der Waals surface area contributed by atoms with Gasteiger partial charge in [0.05, 0.1) is 5.56 Å². The van der Waals surface area contributed by atoms with Crippen LogP contribution < -0.4 is 9.47 Å². The molecule has 5 heteroatoms. The van der Waals surface area contributed by atoms with Crippen molar-refractivity contribution in [3.05, 3.63) is 23.8 Å². The molecule has 1 aliphatic rings. The Kier molecular flexibility index (Phi) is 2.78. The molecule has 0 aromatic heterocycles. The number of alkyl halides is 2. The number of ketones is 1. The minimum Gasteiger partial charge on any atom is -0.454 e. The largest absolute Gasteiger partial charge is 0.454 e. The Hall–Kier alpha value is -0.550. The molecule has 1 aliphatic heterocycles. The van der Waals surface area contributed by atoms with Crippen molar-refractivity contribution in [3.8, 4) is 11.5 Å². The van der Waals surface area contributed by atoms with Gasteiger partial charge in [-0.2, -0.15) is 0 Å². The maximum Gasteiger partial charge on any atom is 0.231 e. The molecule has 0 amide bonds. The number of carbonyl (C=O) groups excluding carboxylic acids is 1. The molecule has 0 radical (unpaired) electrons. The topological polar surface area (TPSA) is 35.5 Å². The number of hydrogen-bond acceptors (Lipinski definition) is 3. The van der Waals surface area contributed by atoms with E-state index < -0.39 is 3.74 Å². The molecule has 0 unspecified atom stereocenters. The van der Waals surface area contributed by atoms with Crippen LogP contribution in [0.25, 0.3) is 0 Å². The zero-order valence-electron chi connectivity index (χ0n) is 7.00. The molecule has 1 aromatic rings. The van der Waals surface area contributed by atoms with Gasteiger partial charge in [-0.05, 0) is 12.1 Å². The summed E-state index contributed by atoms with van der Waals surface area (Å²) in [5.74, 6) is 1.07. The van der Waals surface area contributed by atoms with Crippen molar-refractivity contribution in [2.75, 3.05) is 6.79 Å². The fraction of sp³-hybridized carbons (Fsp3) is 0.222. The molecule has 3 nitrogen and oxygen atoms in total. The molecule has 1 aromatic carbocycles. The average molecular weight is 322 g/mol. The quantitative estimate of drug-likeness (QED) is 0.620. The van der Waals surface area contributed by atoms with Gasteiger partial charge in [0.25, 0.3) is 0 Å². The molecule has 2 rings (SSSR count). The number of hydrogen-bond donors (Lipinski definition) is 0. The third-order valence-corrected chi connectivity index (χ3v) is 2.69. The normalized spacial score (nSPS) is 13.4. The van der Waals surface area contributed by atoms with E-state index in [0.717, 1.165) is 0 Å². The van der Waals surface area contributed by atoms with Crippen LogP contribution in [0.5, 0.6) is 11.5 Å². The molecular weight excluding hydrogens is 316 g/mol. The second kappa shape index (κ2) is 3.90. The molecule has 0 fully saturated rings. The SMILES string of the molecule is O=C(c1cccc2c1OCO2)C(Br)Br. The van der Waals surface area contributed by atoms with Crippen LogP contribution in [0.2, 0.25) is 0 Å². The molecule has 0 bridgehead atoms. The molecule has 0 saturated heterocycles. The van der Waals surface area contributed by atoms with Gasteiger partial charge < -0.3 is 9.47 Å². The standard InChI is InChI=1S/C9H6Br2O3/c10-9(11)7(12)5-2-1-3-6-8(5)14-4-13-6/h1-3,9H,4H2. The highest BCUT2D eigenvalue weighted by Crippen LogP contribution is 2.36. The summed E-state index contributed by atoms with van der Waals surface area (Å²) in [7, 11) is 0. The van der Waals surface area contributed by atoms with Crippen LogP contribution in [0.1, 0.15) is 10.4 Å². The summed E-state index contributed by atoms with van der Waals surface area (Å²) < 4.78 is 9.98. The van der Waals surface area contributed by atoms with E-state index >= 15 is 0 Å². The summed E-state index contributed by atoms with van der Waals surface area (Å²) in [4.78, 5) is 11.7. The Balaban J connectivity index is 2.44. The fourth-order valence-corrected chi connectivity index (χ4v) is 1.74. The van der Waals surface area contributed by atoms with Crippen LogP contribution in [0.4, 0.5) is 0 Å². The monoisotopic (exact) mass is 320 g/mol. The summed E-state index contributed by atoms with van der Waals surface area (Å²) in [6.45, 7) is 0.175. The number of rotatable bonds is 2. The van der Waals surface area contributed by atoms with Gasteiger partial charge in [-0.1, -0.05) is 37.9 Å². The summed E-state index contributed by atoms with van der Waals surface area (Å²) in [6.07, 6.45) is 0. The molecular formula is C9H6Br2O3. The van der Waals surface area contributed by atoms with Crippen LogP contribution in [0, 0.1) is 0 Å². The molecule has 74 valence electrons. The molecule has 1 heterocycles. The molecule has 0 spiro atoms. The maximum atomic E-state index is 11.7. The summed E-state index contributed by atoms with van der Waals surface area (Å²) >= 11 is 6.31. The van der Waals surface area contributed by atoms with Crippen molar-refractivity contribution in [1.29, 1.82) is 0 Å². The lowest BCUT2D eigenvalue weighted by atomic mass is 10.1. The van der Waals surface area contributed by atoms with E-state index in [-0.39, 0.29) is 12.6 Å². The van der Waals surface area contributed by atoms with E-state index in [9.17, 15) is 4.79 Å². The Bertz CT molecular complexity index is 376. The zero-order chi connectivity index (χ0) is 10.1. The number of ether oxygens (including phenoxy) is 2. The lowest BCUT2D eigenvalue weighted by molar-refractivity contribution is 0.101. The maximum absolute atomic E-state index is 11.7. The van der Waals surface area contributed by atoms with E-state index in [4.69, 9.17) is 9.47 Å². The van der Waals surface area contributed by atoms with E-state index in [2.05, 4.69) is 31.9 Å². The third kappa shape index (κ3) is 1.66. The first-order chi connectivity index (χ1) is 6.70. The number of para-hydroxylation sites is 1. The predicted molar refractivity (Wildman–Crippen MR) is 58.5 cm³/mol. The highest BCUT2D eigenvalue weighted by atomic mass is 79.9. The van der Waals surface area contributed by atoms with E-state index in [1.165, 1.54) is 0 Å². The summed E-state index contributed by atoms with van der Waals surface area (Å²) in [5.41, 5.74) is 0.527. The fourth-order valence-electron chi connectivity index (χ4n) is 1.24. The van der Waals surface area contributed by atoms with E-state index in [0.29, 0.717) is 17.1 Å². The van der Waals surface area contributed by atoms with Crippen molar-refractivity contribution < 1.29 is 14.3 Å². The molecule has 0 saturated carbocycles. The first kappa shape index (κ1) is 9.98. The minimum atomic E-state index is -0.398. The lowest BCUT2D eigenvalue weighted by Gasteiger charge is -2.04. The average Bonchev–Trinajstić information content (AvgIpc) is 2.63. The van der Waals surface area contributed by atoms with Crippen LogP contribution >= 0.6 is 31.9 Å². The molecule has 0 aliphatic carbocycles. The highest BCUT2D eigenvalue weighted by Gasteiger charge is 2.24. The highest BCUT2D eigenvalue weighted by molar-refractivity contribution is 9.25. The van der Waals surface area contributed by atoms with Gasteiger partial charge in [-0.3, -0.25) is 4.79 Å². The van der Waals surface area contributed by atoms with Gasteiger partial charge in [-0.25, -0.2) is 0 Å². The van der Waals surface area contributed by atoms with Crippen LogP contribution in [0.3, 0.4) is 0 Å². The smallest absolute Gasteiger partial charge is 0.231 e. The van der Waals surface area contributed by atoms with Gasteiger partial charge in [0.2, 0.25) is 6.79 Å². The van der Waals surface area contributed by atoms with E-state index in [1.807, 2.05) is 0 Å². The van der Waals surface area contributed by atoms with Gasteiger partial charge >= 0.3 is 0 Å². The molecule has 0 N–H and O–H groups in total. The Labute approximate surface area is 97.6 Å². The predicted octanol–water partition coefficient (Wildman–Crippen LogP) is 2.71. The Morgan fingerprint density at radius 1 is 1.36 bits per heavy atom. The van der Waals surface area contributed by atoms with Crippen LogP contribution in [-0.2, 0) is 0 Å². The van der Waals surface area contributed by atoms with Crippen molar-refractivity contribution in [1.82, 2.24) is 0 Å². The van der Waals surface area contributed by atoms with E-state index in [1.54, 1.807) is 18.2 Å². The lowest BCUT2D eigenvalue weighted by Crippen LogP contribution is -2.08. The number of carbonyl (C=O) groups is 1. The number of benzene rings is 1. The molecule has 0 atom stereocenters. The number of Topliss-reactive ketones (excluding diaryl/α,β-unsaturated/α-hetero) is 1.